The van der Waals surface area contributed by atoms with Crippen molar-refractivity contribution in [2.24, 2.45) is 0 Å². The maximum absolute atomic E-state index is 6.04. The molecule has 0 aliphatic carbocycles. The van der Waals surface area contributed by atoms with Gasteiger partial charge < -0.3 is 19.3 Å². The highest BCUT2D eigenvalue weighted by Crippen LogP contribution is 2.48. The van der Waals surface area contributed by atoms with E-state index in [2.05, 4.69) is 28.9 Å². The first-order valence-electron chi connectivity index (χ1n) is 8.06. The predicted octanol–water partition coefficient (Wildman–Crippen LogP) is 3.72. The van der Waals surface area contributed by atoms with Crippen molar-refractivity contribution in [3.8, 4) is 17.4 Å². The summed E-state index contributed by atoms with van der Waals surface area (Å²) in [5.41, 5.74) is 1.69. The van der Waals surface area contributed by atoms with Crippen LogP contribution in [0.25, 0.3) is 0 Å². The summed E-state index contributed by atoms with van der Waals surface area (Å²) in [5.74, 6) is 1.75. The molecule has 0 unspecified atom stereocenters. The molecule has 24 heavy (non-hydrogen) atoms. The molecule has 6 nitrogen and oxygen atoms in total. The molecule has 128 valence electrons. The zero-order valence-corrected chi connectivity index (χ0v) is 14.9. The van der Waals surface area contributed by atoms with Gasteiger partial charge in [-0.25, -0.2) is 0 Å². The fraction of sp³-hybridized carbons (Fsp3) is 0.412. The summed E-state index contributed by atoms with van der Waals surface area (Å²) in [4.78, 5) is 4.30. The number of anilines is 2. The molecule has 1 aliphatic heterocycles. The van der Waals surface area contributed by atoms with Crippen LogP contribution in [-0.2, 0) is 0 Å². The molecule has 0 bridgehead atoms. The van der Waals surface area contributed by atoms with E-state index in [9.17, 15) is 0 Å². The van der Waals surface area contributed by atoms with Gasteiger partial charge in [0.05, 0.1) is 11.9 Å². The highest BCUT2D eigenvalue weighted by Gasteiger charge is 2.27. The Morgan fingerprint density at radius 3 is 2.83 bits per heavy atom. The third-order valence-corrected chi connectivity index (χ3v) is 4.38. The number of aromatic nitrogens is 2. The molecule has 0 fully saturated rings. The van der Waals surface area contributed by atoms with Crippen molar-refractivity contribution in [3.63, 3.8) is 0 Å². The fourth-order valence-electron chi connectivity index (χ4n) is 2.73. The lowest BCUT2D eigenvalue weighted by molar-refractivity contribution is 0.222. The molecule has 7 heteroatoms. The van der Waals surface area contributed by atoms with Crippen LogP contribution < -0.4 is 14.4 Å². The third-order valence-electron chi connectivity index (χ3n) is 4.14. The lowest BCUT2D eigenvalue weighted by Crippen LogP contribution is -2.28. The summed E-state index contributed by atoms with van der Waals surface area (Å²) < 4.78 is 11.8. The van der Waals surface area contributed by atoms with E-state index in [1.165, 1.54) is 0 Å². The number of fused-ring (bicyclic) bond motifs is 2. The van der Waals surface area contributed by atoms with Gasteiger partial charge >= 0.3 is 0 Å². The fourth-order valence-corrected chi connectivity index (χ4v) is 2.89. The molecule has 0 atom stereocenters. The Morgan fingerprint density at radius 2 is 2.08 bits per heavy atom. The molecule has 0 spiro atoms. The van der Waals surface area contributed by atoms with Crippen molar-refractivity contribution in [2.45, 2.75) is 13.8 Å². The third kappa shape index (κ3) is 3.25. The summed E-state index contributed by atoms with van der Waals surface area (Å²) >= 11 is 6.04. The van der Waals surface area contributed by atoms with E-state index in [4.69, 9.17) is 21.1 Å². The molecule has 1 aromatic carbocycles. The van der Waals surface area contributed by atoms with E-state index in [0.717, 1.165) is 31.0 Å². The number of hydrogen-bond donors (Lipinski definition) is 0. The summed E-state index contributed by atoms with van der Waals surface area (Å²) in [6.07, 6.45) is 1.63. The first-order valence-corrected chi connectivity index (χ1v) is 8.43. The second-order valence-corrected chi connectivity index (χ2v) is 5.95. The molecular formula is C17H21ClN4O2. The topological polar surface area (TPSA) is 50.7 Å². The normalized spacial score (nSPS) is 12.6. The lowest BCUT2D eigenvalue weighted by Gasteiger charge is -2.30. The smallest absolute Gasteiger partial charge is 0.267 e. The van der Waals surface area contributed by atoms with E-state index >= 15 is 0 Å². The van der Waals surface area contributed by atoms with Gasteiger partial charge in [0, 0.05) is 24.7 Å². The van der Waals surface area contributed by atoms with Crippen LogP contribution in [-0.4, -0.2) is 48.4 Å². The minimum Gasteiger partial charge on any atom is -0.488 e. The van der Waals surface area contributed by atoms with Crippen LogP contribution >= 0.6 is 11.6 Å². The summed E-state index contributed by atoms with van der Waals surface area (Å²) in [6.45, 7) is 7.74. The SMILES string of the molecule is CCN(CC)CCOc1cnnc2c1N(C)c1ccc(Cl)cc1O2. The molecule has 0 saturated heterocycles. The van der Waals surface area contributed by atoms with Crippen molar-refractivity contribution >= 4 is 23.0 Å². The Hall–Kier alpha value is -2.05. The largest absolute Gasteiger partial charge is 0.488 e. The van der Waals surface area contributed by atoms with E-state index < -0.39 is 0 Å². The predicted molar refractivity (Wildman–Crippen MR) is 94.9 cm³/mol. The Bertz CT molecular complexity index is 722. The van der Waals surface area contributed by atoms with Crippen LogP contribution in [0.1, 0.15) is 13.8 Å². The summed E-state index contributed by atoms with van der Waals surface area (Å²) in [7, 11) is 1.95. The van der Waals surface area contributed by atoms with Gasteiger partial charge in [0.1, 0.15) is 6.61 Å². The van der Waals surface area contributed by atoms with Gasteiger partial charge in [-0.3, -0.25) is 0 Å². The van der Waals surface area contributed by atoms with E-state index in [-0.39, 0.29) is 0 Å². The zero-order valence-electron chi connectivity index (χ0n) is 14.1. The van der Waals surface area contributed by atoms with Crippen LogP contribution in [0.2, 0.25) is 5.02 Å². The second kappa shape index (κ2) is 7.23. The van der Waals surface area contributed by atoms with Gasteiger partial charge in [-0.1, -0.05) is 25.4 Å². The number of ether oxygens (including phenoxy) is 2. The number of likely N-dealkylation sites (N-methyl/N-ethyl adjacent to an activating group) is 1. The van der Waals surface area contributed by atoms with Crippen LogP contribution in [0.15, 0.2) is 24.4 Å². The van der Waals surface area contributed by atoms with Gasteiger partial charge in [-0.15, -0.1) is 5.10 Å². The van der Waals surface area contributed by atoms with Crippen molar-refractivity contribution in [1.82, 2.24) is 15.1 Å². The van der Waals surface area contributed by atoms with E-state index in [1.807, 2.05) is 24.1 Å². The first kappa shape index (κ1) is 16.8. The molecular weight excluding hydrogens is 328 g/mol. The Kier molecular flexibility index (Phi) is 5.06. The van der Waals surface area contributed by atoms with E-state index in [1.54, 1.807) is 12.3 Å². The van der Waals surface area contributed by atoms with Crippen LogP contribution in [0, 0.1) is 0 Å². The zero-order chi connectivity index (χ0) is 17.1. The molecule has 1 aliphatic rings. The van der Waals surface area contributed by atoms with Crippen molar-refractivity contribution < 1.29 is 9.47 Å². The van der Waals surface area contributed by atoms with Gasteiger partial charge in [0.2, 0.25) is 0 Å². The van der Waals surface area contributed by atoms with Gasteiger partial charge in [-0.05, 0) is 25.2 Å². The molecule has 1 aromatic heterocycles. The minimum atomic E-state index is 0.424. The number of halogens is 1. The van der Waals surface area contributed by atoms with Gasteiger partial charge in [0.15, 0.2) is 17.2 Å². The standard InChI is InChI=1S/C17H21ClN4O2/c1-4-22(5-2)8-9-23-15-11-19-20-17-16(15)21(3)13-7-6-12(18)10-14(13)24-17/h6-7,10-11H,4-5,8-9H2,1-3H3. The molecule has 0 saturated carbocycles. The first-order chi connectivity index (χ1) is 11.6. The number of benzene rings is 1. The monoisotopic (exact) mass is 348 g/mol. The maximum atomic E-state index is 6.04. The maximum Gasteiger partial charge on any atom is 0.267 e. The minimum absolute atomic E-state index is 0.424. The average Bonchev–Trinajstić information content (AvgIpc) is 2.58. The molecule has 0 amide bonds. The van der Waals surface area contributed by atoms with Crippen molar-refractivity contribution in [3.05, 3.63) is 29.4 Å². The number of hydrogen-bond acceptors (Lipinski definition) is 6. The van der Waals surface area contributed by atoms with Crippen LogP contribution in [0.3, 0.4) is 0 Å². The number of nitrogens with zero attached hydrogens (tertiary/aromatic N) is 4. The molecule has 3 rings (SSSR count). The average molecular weight is 349 g/mol. The Balaban J connectivity index is 1.82. The number of rotatable bonds is 6. The Morgan fingerprint density at radius 1 is 1.29 bits per heavy atom. The van der Waals surface area contributed by atoms with Gasteiger partial charge in [0.25, 0.3) is 5.88 Å². The summed E-state index contributed by atoms with van der Waals surface area (Å²) in [5, 5.41) is 8.70. The quantitative estimate of drug-likeness (QED) is 0.793. The van der Waals surface area contributed by atoms with Crippen molar-refractivity contribution in [1.29, 1.82) is 0 Å². The van der Waals surface area contributed by atoms with Crippen LogP contribution in [0.5, 0.6) is 17.4 Å². The Labute approximate surface area is 146 Å². The molecule has 0 N–H and O–H groups in total. The second-order valence-electron chi connectivity index (χ2n) is 5.51. The van der Waals surface area contributed by atoms with E-state index in [0.29, 0.717) is 29.0 Å². The van der Waals surface area contributed by atoms with Crippen molar-refractivity contribution in [2.75, 3.05) is 38.2 Å². The molecule has 2 aromatic rings. The summed E-state index contributed by atoms with van der Waals surface area (Å²) in [6, 6.07) is 5.52. The molecule has 2 heterocycles. The highest BCUT2D eigenvalue weighted by atomic mass is 35.5. The molecule has 0 radical (unpaired) electrons. The lowest BCUT2D eigenvalue weighted by atomic mass is 10.2. The van der Waals surface area contributed by atoms with Gasteiger partial charge in [-0.2, -0.15) is 5.10 Å². The highest BCUT2D eigenvalue weighted by molar-refractivity contribution is 6.30. The van der Waals surface area contributed by atoms with Crippen LogP contribution in [0.4, 0.5) is 11.4 Å².